The van der Waals surface area contributed by atoms with E-state index in [-0.39, 0.29) is 21.0 Å². The lowest BCUT2D eigenvalue weighted by Crippen LogP contribution is -2.38. The second-order valence-electron chi connectivity index (χ2n) is 8.10. The summed E-state index contributed by atoms with van der Waals surface area (Å²) in [4.78, 5) is 14.3. The van der Waals surface area contributed by atoms with E-state index in [1.54, 1.807) is 0 Å². The number of carbonyl (C=O) groups is 1. The molecule has 1 fully saturated rings. The number of alkyl halides is 7. The number of ether oxygens (including phenoxy) is 1. The highest BCUT2D eigenvalue weighted by Crippen LogP contribution is 2.48. The lowest BCUT2D eigenvalue weighted by molar-refractivity contribution is -0.291. The van der Waals surface area contributed by atoms with Crippen LogP contribution in [0.25, 0.3) is 16.4 Å². The van der Waals surface area contributed by atoms with Gasteiger partial charge in [-0.15, -0.1) is 16.4 Å². The highest BCUT2D eigenvalue weighted by molar-refractivity contribution is 7.16. The normalized spacial score (nSPS) is 14.7. The van der Waals surface area contributed by atoms with Crippen molar-refractivity contribution >= 4 is 17.2 Å². The molecule has 3 aromatic heterocycles. The van der Waals surface area contributed by atoms with Gasteiger partial charge in [-0.05, 0) is 18.9 Å². The number of rotatable bonds is 7. The Morgan fingerprint density at radius 1 is 1.26 bits per heavy atom. The van der Waals surface area contributed by atoms with Gasteiger partial charge in [0.2, 0.25) is 0 Å². The van der Waals surface area contributed by atoms with Crippen LogP contribution < -0.4 is 4.74 Å². The Morgan fingerprint density at radius 3 is 2.45 bits per heavy atom. The second kappa shape index (κ2) is 8.98. The van der Waals surface area contributed by atoms with Gasteiger partial charge in [0.05, 0.1) is 22.7 Å². The average molecular weight is 562 g/mol. The lowest BCUT2D eigenvalue weighted by atomic mass is 10.1. The zero-order valence-corrected chi connectivity index (χ0v) is 19.9. The van der Waals surface area contributed by atoms with Crippen LogP contribution in [-0.4, -0.2) is 61.0 Å². The first-order chi connectivity index (χ1) is 17.7. The number of hydrogen-bond acceptors (Lipinski definition) is 8. The molecule has 38 heavy (non-hydrogen) atoms. The molecule has 3 aromatic rings. The van der Waals surface area contributed by atoms with Crippen molar-refractivity contribution in [2.24, 2.45) is 7.05 Å². The summed E-state index contributed by atoms with van der Waals surface area (Å²) in [5.74, 6) is -8.65. The highest BCUT2D eigenvalue weighted by atomic mass is 32.1. The van der Waals surface area contributed by atoms with Crippen molar-refractivity contribution in [1.29, 1.82) is 10.5 Å². The molecule has 1 aliphatic rings. The number of amides is 1. The van der Waals surface area contributed by atoms with Crippen molar-refractivity contribution in [2.75, 3.05) is 7.05 Å². The van der Waals surface area contributed by atoms with Gasteiger partial charge in [-0.25, -0.2) is 4.68 Å². The third kappa shape index (κ3) is 4.30. The molecule has 3 heterocycles. The molecule has 0 N–H and O–H groups in total. The van der Waals surface area contributed by atoms with E-state index >= 15 is 0 Å². The van der Waals surface area contributed by atoms with Crippen molar-refractivity contribution in [3.8, 4) is 34.3 Å². The smallest absolute Gasteiger partial charge is 0.428 e. The summed E-state index contributed by atoms with van der Waals surface area (Å²) < 4.78 is 97.9. The molecule has 0 bridgehead atoms. The van der Waals surface area contributed by atoms with Gasteiger partial charge in [0.1, 0.15) is 22.2 Å². The quantitative estimate of drug-likeness (QED) is 0.399. The maximum Gasteiger partial charge on any atom is 0.459 e. The van der Waals surface area contributed by atoms with E-state index in [2.05, 4.69) is 20.1 Å². The highest BCUT2D eigenvalue weighted by Gasteiger charge is 2.62. The van der Waals surface area contributed by atoms with Gasteiger partial charge in [-0.1, -0.05) is 5.21 Å². The molecule has 0 aromatic carbocycles. The maximum absolute atomic E-state index is 14.0. The third-order valence-corrected chi connectivity index (χ3v) is 6.80. The Balaban J connectivity index is 1.76. The van der Waals surface area contributed by atoms with Crippen molar-refractivity contribution < 1.29 is 40.3 Å². The van der Waals surface area contributed by atoms with E-state index in [0.717, 1.165) is 24.6 Å². The largest absolute Gasteiger partial charge is 0.459 e. The molecule has 0 spiro atoms. The van der Waals surface area contributed by atoms with Crippen LogP contribution in [0.4, 0.5) is 30.7 Å². The molecular formula is C20H13F7N8O2S. The van der Waals surface area contributed by atoms with Crippen molar-refractivity contribution in [1.82, 2.24) is 29.7 Å². The van der Waals surface area contributed by atoms with Gasteiger partial charge >= 0.3 is 18.7 Å². The van der Waals surface area contributed by atoms with Crippen LogP contribution in [0, 0.1) is 22.7 Å². The number of aromatic nitrogens is 5. The van der Waals surface area contributed by atoms with Crippen LogP contribution >= 0.6 is 11.3 Å². The second-order valence-corrected chi connectivity index (χ2v) is 9.15. The Kier molecular flexibility index (Phi) is 6.35. The molecule has 0 aliphatic heterocycles. The minimum absolute atomic E-state index is 0.0468. The van der Waals surface area contributed by atoms with Gasteiger partial charge in [-0.2, -0.15) is 51.0 Å². The summed E-state index contributed by atoms with van der Waals surface area (Å²) in [5, 5.41) is 29.2. The molecular weight excluding hydrogens is 549 g/mol. The molecule has 18 heteroatoms. The van der Waals surface area contributed by atoms with Crippen molar-refractivity contribution in [3.63, 3.8) is 0 Å². The molecule has 4 rings (SSSR count). The predicted molar refractivity (Wildman–Crippen MR) is 112 cm³/mol. The van der Waals surface area contributed by atoms with E-state index in [0.29, 0.717) is 22.2 Å². The summed E-state index contributed by atoms with van der Waals surface area (Å²) in [6.45, 7) is -3.78. The number of nitrogens with zero attached hydrogens (tertiary/aromatic N) is 8. The summed E-state index contributed by atoms with van der Waals surface area (Å²) in [6, 6.07) is 5.17. The standard InChI is InChI=1S/C20H13F7N8O2S/c1-33(18(8-29)3-4-18)16(36)9-5-11(38-12(9)6-28)10-7-35(32-30-10)15-13(37-17(21)22)14(31-34(15)2)19(23,24)20(25,26)27/h5,7,17H,3-4H2,1-2H3. The fourth-order valence-electron chi connectivity index (χ4n) is 3.54. The molecule has 1 aliphatic carbocycles. The van der Waals surface area contributed by atoms with E-state index in [1.165, 1.54) is 18.0 Å². The molecule has 10 nitrogen and oxygen atoms in total. The summed E-state index contributed by atoms with van der Waals surface area (Å²) in [5.41, 5.74) is -3.22. The van der Waals surface area contributed by atoms with E-state index < -0.39 is 47.4 Å². The topological polar surface area (TPSA) is 126 Å². The van der Waals surface area contributed by atoms with Crippen molar-refractivity contribution in [3.05, 3.63) is 28.4 Å². The van der Waals surface area contributed by atoms with Crippen LogP contribution in [0.3, 0.4) is 0 Å². The van der Waals surface area contributed by atoms with Crippen LogP contribution in [0.1, 0.15) is 33.8 Å². The Hall–Kier alpha value is -4.19. The number of halogens is 7. The van der Waals surface area contributed by atoms with Crippen LogP contribution in [-0.2, 0) is 13.0 Å². The number of hydrogen-bond donors (Lipinski definition) is 0. The fraction of sp³-hybridized carbons (Fsp3) is 0.400. The van der Waals surface area contributed by atoms with Crippen LogP contribution in [0.2, 0.25) is 0 Å². The Morgan fingerprint density at radius 2 is 1.92 bits per heavy atom. The molecule has 0 saturated heterocycles. The van der Waals surface area contributed by atoms with Crippen LogP contribution in [0.15, 0.2) is 12.3 Å². The van der Waals surface area contributed by atoms with Gasteiger partial charge in [-0.3, -0.25) is 4.79 Å². The summed E-state index contributed by atoms with van der Waals surface area (Å²) >= 11 is 0.788. The number of nitriles is 2. The third-order valence-electron chi connectivity index (χ3n) is 5.74. The zero-order valence-electron chi connectivity index (χ0n) is 19.1. The molecule has 1 amide bonds. The number of carbonyl (C=O) groups excluding carboxylic acids is 1. The minimum Gasteiger partial charge on any atom is -0.428 e. The first-order valence-electron chi connectivity index (χ1n) is 10.3. The molecule has 200 valence electrons. The number of aryl methyl sites for hydroxylation is 1. The maximum atomic E-state index is 14.0. The van der Waals surface area contributed by atoms with Crippen molar-refractivity contribution in [2.45, 2.75) is 37.1 Å². The van der Waals surface area contributed by atoms with Gasteiger partial charge < -0.3 is 9.64 Å². The monoisotopic (exact) mass is 562 g/mol. The van der Waals surface area contributed by atoms with Crippen LogP contribution in [0.5, 0.6) is 5.75 Å². The fourth-order valence-corrected chi connectivity index (χ4v) is 4.44. The van der Waals surface area contributed by atoms with E-state index in [4.69, 9.17) is 0 Å². The lowest BCUT2D eigenvalue weighted by Gasteiger charge is -2.21. The summed E-state index contributed by atoms with van der Waals surface area (Å²) in [7, 11) is 2.31. The predicted octanol–water partition coefficient (Wildman–Crippen LogP) is 3.98. The van der Waals surface area contributed by atoms with E-state index in [9.17, 15) is 46.1 Å². The van der Waals surface area contributed by atoms with E-state index in [1.807, 2.05) is 12.1 Å². The Bertz CT molecular complexity index is 1490. The first kappa shape index (κ1) is 26.9. The summed E-state index contributed by atoms with van der Waals surface area (Å²) in [6.07, 6.45) is -4.27. The molecule has 1 saturated carbocycles. The molecule has 0 atom stereocenters. The average Bonchev–Trinajstić information content (AvgIpc) is 3.14. The molecule has 0 radical (unpaired) electrons. The SMILES string of the molecule is CN(C(=O)c1cc(-c2cn(-c3c(OC(F)F)c(C(F)(F)C(F)(F)F)nn3C)nn2)sc1C#N)C1(C#N)CC1. The van der Waals surface area contributed by atoms with Gasteiger partial charge in [0.25, 0.3) is 5.91 Å². The Labute approximate surface area is 212 Å². The van der Waals surface area contributed by atoms with Gasteiger partial charge in [0.15, 0.2) is 17.3 Å². The number of thiophene rings is 1. The first-order valence-corrected chi connectivity index (χ1v) is 11.1. The van der Waals surface area contributed by atoms with Gasteiger partial charge in [0, 0.05) is 14.1 Å². The minimum atomic E-state index is -6.17. The molecule has 0 unspecified atom stereocenters. The zero-order chi connectivity index (χ0) is 28.2.